The third kappa shape index (κ3) is 4.27. The van der Waals surface area contributed by atoms with E-state index in [2.05, 4.69) is 0 Å². The number of carboxylic acid groups (broad SMARTS) is 1. The first kappa shape index (κ1) is 14.9. The van der Waals surface area contributed by atoms with Gasteiger partial charge in [-0.3, -0.25) is 9.59 Å². The summed E-state index contributed by atoms with van der Waals surface area (Å²) in [6.45, 7) is 1.05. The van der Waals surface area contributed by atoms with Crippen molar-refractivity contribution in [1.29, 1.82) is 0 Å². The molecule has 2 rings (SSSR count). The molecule has 4 nitrogen and oxygen atoms in total. The largest absolute Gasteiger partial charge is 0.481 e. The highest BCUT2D eigenvalue weighted by Crippen LogP contribution is 2.19. The van der Waals surface area contributed by atoms with Crippen LogP contribution in [0.15, 0.2) is 30.3 Å². The van der Waals surface area contributed by atoms with E-state index >= 15 is 0 Å². The Morgan fingerprint density at radius 2 is 2.05 bits per heavy atom. The van der Waals surface area contributed by atoms with E-state index in [1.807, 2.05) is 30.3 Å². The van der Waals surface area contributed by atoms with Crippen molar-refractivity contribution in [1.82, 2.24) is 4.90 Å². The highest BCUT2D eigenvalue weighted by Gasteiger charge is 2.27. The topological polar surface area (TPSA) is 57.6 Å². The number of hydrogen-bond donors (Lipinski definition) is 1. The van der Waals surface area contributed by atoms with E-state index in [4.69, 9.17) is 5.11 Å². The molecule has 0 saturated carbocycles. The highest BCUT2D eigenvalue weighted by atomic mass is 32.2. The lowest BCUT2D eigenvalue weighted by Gasteiger charge is -2.30. The molecule has 0 aliphatic carbocycles. The van der Waals surface area contributed by atoms with Crippen LogP contribution in [-0.4, -0.2) is 40.7 Å². The predicted molar refractivity (Wildman–Crippen MR) is 79.5 cm³/mol. The molecule has 1 aromatic carbocycles. The number of hydrogen-bond acceptors (Lipinski definition) is 3. The average Bonchev–Trinajstić information content (AvgIpc) is 2.48. The summed E-state index contributed by atoms with van der Waals surface area (Å²) in [4.78, 5) is 24.7. The molecule has 1 aliphatic rings. The minimum Gasteiger partial charge on any atom is -0.481 e. The van der Waals surface area contributed by atoms with Gasteiger partial charge in [0.25, 0.3) is 0 Å². The number of amides is 1. The molecule has 20 heavy (non-hydrogen) atoms. The zero-order chi connectivity index (χ0) is 14.4. The second kappa shape index (κ2) is 7.33. The van der Waals surface area contributed by atoms with Crippen molar-refractivity contribution in [2.24, 2.45) is 5.92 Å². The first-order valence-electron chi connectivity index (χ1n) is 6.79. The van der Waals surface area contributed by atoms with Gasteiger partial charge in [-0.2, -0.15) is 0 Å². The number of nitrogens with zero attached hydrogens (tertiary/aromatic N) is 1. The van der Waals surface area contributed by atoms with Crippen LogP contribution in [0.4, 0.5) is 0 Å². The maximum absolute atomic E-state index is 12.1. The van der Waals surface area contributed by atoms with E-state index < -0.39 is 11.9 Å². The summed E-state index contributed by atoms with van der Waals surface area (Å²) in [5.74, 6) is 0.0902. The van der Waals surface area contributed by atoms with E-state index in [-0.39, 0.29) is 5.91 Å². The van der Waals surface area contributed by atoms with Crippen molar-refractivity contribution in [3.8, 4) is 0 Å². The Morgan fingerprint density at radius 3 is 2.75 bits per heavy atom. The molecule has 5 heteroatoms. The molecule has 1 aliphatic heterocycles. The minimum atomic E-state index is -0.792. The van der Waals surface area contributed by atoms with Gasteiger partial charge in [-0.15, -0.1) is 11.8 Å². The molecule has 1 heterocycles. The van der Waals surface area contributed by atoms with Gasteiger partial charge >= 0.3 is 5.97 Å². The molecule has 0 aromatic heterocycles. The summed E-state index contributed by atoms with van der Waals surface area (Å²) in [6.07, 6.45) is 1.46. The Kier molecular flexibility index (Phi) is 5.47. The maximum Gasteiger partial charge on any atom is 0.308 e. The quantitative estimate of drug-likeness (QED) is 0.904. The summed E-state index contributed by atoms with van der Waals surface area (Å²) in [6, 6.07) is 10.0. The summed E-state index contributed by atoms with van der Waals surface area (Å²) in [7, 11) is 0. The molecule has 1 N–H and O–H groups in total. The molecular formula is C15H19NO3S. The zero-order valence-electron chi connectivity index (χ0n) is 11.3. The van der Waals surface area contributed by atoms with Crippen LogP contribution >= 0.6 is 11.8 Å². The number of benzene rings is 1. The van der Waals surface area contributed by atoms with Gasteiger partial charge in [0.2, 0.25) is 5.91 Å². The lowest BCUT2D eigenvalue weighted by Crippen LogP contribution is -2.43. The molecule has 1 amide bonds. The van der Waals surface area contributed by atoms with E-state index in [1.54, 1.807) is 16.7 Å². The standard InChI is InChI=1S/C15H19NO3S/c17-14(11-20-10-12-5-2-1-3-6-12)16-8-4-7-13(9-16)15(18)19/h1-3,5-6,13H,4,7-11H2,(H,18,19)/t13-/m0/s1. The second-order valence-corrected chi connectivity index (χ2v) is 5.98. The molecule has 108 valence electrons. The summed E-state index contributed by atoms with van der Waals surface area (Å²) < 4.78 is 0. The first-order valence-corrected chi connectivity index (χ1v) is 7.94. The Bertz CT molecular complexity index is 463. The van der Waals surface area contributed by atoms with Gasteiger partial charge in [0.15, 0.2) is 0 Å². The number of piperidine rings is 1. The second-order valence-electron chi connectivity index (χ2n) is 5.00. The molecule has 0 unspecified atom stereocenters. The molecule has 1 saturated heterocycles. The van der Waals surface area contributed by atoms with Gasteiger partial charge in [0.05, 0.1) is 11.7 Å². The number of thioether (sulfide) groups is 1. The fourth-order valence-corrected chi connectivity index (χ4v) is 3.21. The van der Waals surface area contributed by atoms with Crippen LogP contribution in [0.25, 0.3) is 0 Å². The molecule has 0 bridgehead atoms. The Balaban J connectivity index is 1.75. The van der Waals surface area contributed by atoms with Gasteiger partial charge in [-0.1, -0.05) is 30.3 Å². The number of likely N-dealkylation sites (tertiary alicyclic amines) is 1. The first-order chi connectivity index (χ1) is 9.66. The Labute approximate surface area is 123 Å². The van der Waals surface area contributed by atoms with Crippen LogP contribution in [0.5, 0.6) is 0 Å². The minimum absolute atomic E-state index is 0.0527. The molecular weight excluding hydrogens is 274 g/mol. The van der Waals surface area contributed by atoms with Crippen molar-refractivity contribution >= 4 is 23.6 Å². The van der Waals surface area contributed by atoms with Gasteiger partial charge in [-0.25, -0.2) is 0 Å². The summed E-state index contributed by atoms with van der Waals surface area (Å²) in [5.41, 5.74) is 1.20. The number of carbonyl (C=O) groups excluding carboxylic acids is 1. The van der Waals surface area contributed by atoms with Crippen molar-refractivity contribution in [2.45, 2.75) is 18.6 Å². The van der Waals surface area contributed by atoms with Crippen molar-refractivity contribution in [3.05, 3.63) is 35.9 Å². The molecule has 0 spiro atoms. The number of rotatable bonds is 5. The fourth-order valence-electron chi connectivity index (χ4n) is 2.33. The average molecular weight is 293 g/mol. The van der Waals surface area contributed by atoms with E-state index in [1.165, 1.54) is 5.56 Å². The van der Waals surface area contributed by atoms with Crippen molar-refractivity contribution < 1.29 is 14.7 Å². The number of carbonyl (C=O) groups is 2. The van der Waals surface area contributed by atoms with Gasteiger partial charge in [0.1, 0.15) is 0 Å². The van der Waals surface area contributed by atoms with Crippen LogP contribution < -0.4 is 0 Å². The van der Waals surface area contributed by atoms with E-state index in [0.717, 1.165) is 12.2 Å². The molecule has 1 fully saturated rings. The Morgan fingerprint density at radius 1 is 1.30 bits per heavy atom. The Hall–Kier alpha value is -1.49. The van der Waals surface area contributed by atoms with Crippen LogP contribution in [0.3, 0.4) is 0 Å². The van der Waals surface area contributed by atoms with E-state index in [0.29, 0.717) is 25.3 Å². The monoisotopic (exact) mass is 293 g/mol. The van der Waals surface area contributed by atoms with Gasteiger partial charge in [0, 0.05) is 18.8 Å². The van der Waals surface area contributed by atoms with Crippen molar-refractivity contribution in [2.75, 3.05) is 18.8 Å². The van der Waals surface area contributed by atoms with Crippen LogP contribution in [-0.2, 0) is 15.3 Å². The number of aliphatic carboxylic acids is 1. The fraction of sp³-hybridized carbons (Fsp3) is 0.467. The highest BCUT2D eigenvalue weighted by molar-refractivity contribution is 7.99. The molecule has 1 atom stereocenters. The lowest BCUT2D eigenvalue weighted by atomic mass is 9.98. The third-order valence-corrected chi connectivity index (χ3v) is 4.45. The van der Waals surface area contributed by atoms with Gasteiger partial charge in [-0.05, 0) is 18.4 Å². The summed E-state index contributed by atoms with van der Waals surface area (Å²) in [5, 5.41) is 9.02. The smallest absolute Gasteiger partial charge is 0.308 e. The normalized spacial score (nSPS) is 18.8. The predicted octanol–water partition coefficient (Wildman–Crippen LogP) is 2.24. The van der Waals surface area contributed by atoms with Crippen LogP contribution in [0, 0.1) is 5.92 Å². The van der Waals surface area contributed by atoms with Crippen molar-refractivity contribution in [3.63, 3.8) is 0 Å². The van der Waals surface area contributed by atoms with Crippen LogP contribution in [0.1, 0.15) is 18.4 Å². The summed E-state index contributed by atoms with van der Waals surface area (Å²) >= 11 is 1.58. The number of carboxylic acids is 1. The van der Waals surface area contributed by atoms with Crippen LogP contribution in [0.2, 0.25) is 0 Å². The maximum atomic E-state index is 12.1. The van der Waals surface area contributed by atoms with E-state index in [9.17, 15) is 9.59 Å². The zero-order valence-corrected chi connectivity index (χ0v) is 12.1. The molecule has 1 aromatic rings. The third-order valence-electron chi connectivity index (χ3n) is 3.46. The van der Waals surface area contributed by atoms with Gasteiger partial charge < -0.3 is 10.0 Å². The molecule has 0 radical (unpaired) electrons. The SMILES string of the molecule is O=C(O)[C@H]1CCCN(C(=O)CSCc2ccccc2)C1. The lowest BCUT2D eigenvalue weighted by molar-refractivity contribution is -0.145.